The molecule has 25 heavy (non-hydrogen) atoms. The topological polar surface area (TPSA) is 59.3 Å². The molecule has 0 unspecified atom stereocenters. The Morgan fingerprint density at radius 3 is 2.64 bits per heavy atom. The molecule has 1 aromatic carbocycles. The molecule has 1 aromatic rings. The molecule has 4 heteroatoms. The minimum Gasteiger partial charge on any atom is -0.465 e. The minimum atomic E-state index is -0.785. The van der Waals surface area contributed by atoms with Gasteiger partial charge in [-0.05, 0) is 51.5 Å². The van der Waals surface area contributed by atoms with E-state index in [1.54, 1.807) is 6.92 Å². The first-order chi connectivity index (χ1) is 11.9. The molecular weight excluding hydrogens is 314 g/mol. The van der Waals surface area contributed by atoms with Crippen LogP contribution < -0.4 is 0 Å². The third kappa shape index (κ3) is 4.61. The van der Waals surface area contributed by atoms with Crippen LogP contribution in [0.3, 0.4) is 0 Å². The monoisotopic (exact) mass is 343 g/mol. The molecule has 0 saturated carbocycles. The average molecular weight is 343 g/mol. The van der Waals surface area contributed by atoms with Gasteiger partial charge in [-0.25, -0.2) is 0 Å². The summed E-state index contributed by atoms with van der Waals surface area (Å²) in [7, 11) is 0. The highest BCUT2D eigenvalue weighted by Gasteiger charge is 2.42. The molecule has 1 aliphatic rings. The van der Waals surface area contributed by atoms with Crippen LogP contribution in [0.25, 0.3) is 0 Å². The number of nitriles is 1. The molecule has 0 aromatic heterocycles. The molecule has 1 aliphatic heterocycles. The molecule has 0 spiro atoms. The van der Waals surface area contributed by atoms with Crippen LogP contribution in [0.1, 0.15) is 57.1 Å². The zero-order chi connectivity index (χ0) is 18.4. The summed E-state index contributed by atoms with van der Waals surface area (Å²) in [5.41, 5.74) is 2.01. The lowest BCUT2D eigenvalue weighted by Crippen LogP contribution is -2.40. The zero-order valence-corrected chi connectivity index (χ0v) is 15.7. The smallest absolute Gasteiger partial charge is 0.323 e. The number of carbonyl (C=O) groups is 1. The molecular formula is C21H29NO3. The molecule has 1 saturated heterocycles. The Bertz CT molecular complexity index is 619. The molecule has 2 rings (SSSR count). The fraction of sp³-hybridized carbons (Fsp3) is 0.619. The fourth-order valence-electron chi connectivity index (χ4n) is 3.76. The number of hydrogen-bond donors (Lipinski definition) is 0. The minimum absolute atomic E-state index is 0.167. The van der Waals surface area contributed by atoms with Crippen molar-refractivity contribution >= 4 is 5.97 Å². The van der Waals surface area contributed by atoms with Gasteiger partial charge in [0.25, 0.3) is 0 Å². The second-order valence-electron chi connectivity index (χ2n) is 7.20. The summed E-state index contributed by atoms with van der Waals surface area (Å²) in [4.78, 5) is 12.5. The van der Waals surface area contributed by atoms with Crippen LogP contribution in [0.4, 0.5) is 0 Å². The Balaban J connectivity index is 2.39. The van der Waals surface area contributed by atoms with Gasteiger partial charge in [-0.3, -0.25) is 4.79 Å². The maximum Gasteiger partial charge on any atom is 0.323 e. The molecule has 1 heterocycles. The lowest BCUT2D eigenvalue weighted by atomic mass is 9.70. The van der Waals surface area contributed by atoms with Gasteiger partial charge in [0.2, 0.25) is 0 Å². The predicted octanol–water partition coefficient (Wildman–Crippen LogP) is 4.38. The van der Waals surface area contributed by atoms with Crippen LogP contribution in [0.5, 0.6) is 0 Å². The van der Waals surface area contributed by atoms with E-state index in [9.17, 15) is 10.1 Å². The SMILES string of the molecule is CCOC(=O)[C@@H](C#N)[C@@H](c1ccc(C)cc1)[C@@H]1CCO[C@@](C)(CC)C1. The van der Waals surface area contributed by atoms with E-state index in [-0.39, 0.29) is 24.0 Å². The van der Waals surface area contributed by atoms with Gasteiger partial charge >= 0.3 is 5.97 Å². The summed E-state index contributed by atoms with van der Waals surface area (Å²) < 4.78 is 11.2. The average Bonchev–Trinajstić information content (AvgIpc) is 2.61. The molecule has 0 amide bonds. The summed E-state index contributed by atoms with van der Waals surface area (Å²) in [5, 5.41) is 9.75. The highest BCUT2D eigenvalue weighted by atomic mass is 16.5. The van der Waals surface area contributed by atoms with Crippen LogP contribution in [0.2, 0.25) is 0 Å². The Morgan fingerprint density at radius 1 is 1.40 bits per heavy atom. The summed E-state index contributed by atoms with van der Waals surface area (Å²) in [5.74, 6) is -1.15. The maximum atomic E-state index is 12.5. The van der Waals surface area contributed by atoms with Crippen molar-refractivity contribution < 1.29 is 14.3 Å². The van der Waals surface area contributed by atoms with Crippen LogP contribution in [0, 0.1) is 30.1 Å². The van der Waals surface area contributed by atoms with Gasteiger partial charge in [0, 0.05) is 12.5 Å². The molecule has 0 aliphatic carbocycles. The number of aryl methyl sites for hydroxylation is 1. The van der Waals surface area contributed by atoms with Crippen molar-refractivity contribution in [3.05, 3.63) is 35.4 Å². The van der Waals surface area contributed by atoms with E-state index < -0.39 is 11.9 Å². The number of nitrogens with zero attached hydrogens (tertiary/aromatic N) is 1. The summed E-state index contributed by atoms with van der Waals surface area (Å²) >= 11 is 0. The van der Waals surface area contributed by atoms with E-state index in [1.165, 1.54) is 0 Å². The van der Waals surface area contributed by atoms with Gasteiger partial charge in [-0.1, -0.05) is 36.8 Å². The molecule has 4 atom stereocenters. The highest BCUT2D eigenvalue weighted by Crippen LogP contribution is 2.43. The Labute approximate surface area is 151 Å². The molecule has 136 valence electrons. The van der Waals surface area contributed by atoms with E-state index in [4.69, 9.17) is 9.47 Å². The van der Waals surface area contributed by atoms with E-state index in [0.29, 0.717) is 6.61 Å². The van der Waals surface area contributed by atoms with Crippen LogP contribution in [-0.4, -0.2) is 24.8 Å². The summed E-state index contributed by atoms with van der Waals surface area (Å²) in [6.45, 7) is 9.01. The van der Waals surface area contributed by atoms with Gasteiger partial charge in [0.15, 0.2) is 5.92 Å². The highest BCUT2D eigenvalue weighted by molar-refractivity contribution is 5.76. The summed E-state index contributed by atoms with van der Waals surface area (Å²) in [6.07, 6.45) is 2.62. The van der Waals surface area contributed by atoms with Crippen LogP contribution in [-0.2, 0) is 14.3 Å². The van der Waals surface area contributed by atoms with Gasteiger partial charge in [0.1, 0.15) is 0 Å². The first-order valence-electron chi connectivity index (χ1n) is 9.21. The molecule has 0 radical (unpaired) electrons. The van der Waals surface area contributed by atoms with E-state index in [1.807, 2.05) is 31.2 Å². The van der Waals surface area contributed by atoms with Crippen LogP contribution >= 0.6 is 0 Å². The second-order valence-corrected chi connectivity index (χ2v) is 7.20. The number of benzene rings is 1. The van der Waals surface area contributed by atoms with Crippen molar-refractivity contribution in [3.63, 3.8) is 0 Å². The number of hydrogen-bond acceptors (Lipinski definition) is 4. The van der Waals surface area contributed by atoms with E-state index >= 15 is 0 Å². The zero-order valence-electron chi connectivity index (χ0n) is 15.7. The number of carbonyl (C=O) groups excluding carboxylic acids is 1. The predicted molar refractivity (Wildman–Crippen MR) is 97.0 cm³/mol. The van der Waals surface area contributed by atoms with Gasteiger partial charge in [0.05, 0.1) is 18.3 Å². The van der Waals surface area contributed by atoms with Gasteiger partial charge < -0.3 is 9.47 Å². The third-order valence-corrected chi connectivity index (χ3v) is 5.39. The van der Waals surface area contributed by atoms with E-state index in [2.05, 4.69) is 19.9 Å². The number of ether oxygens (including phenoxy) is 2. The molecule has 0 N–H and O–H groups in total. The largest absolute Gasteiger partial charge is 0.465 e. The van der Waals surface area contributed by atoms with Crippen molar-refractivity contribution in [1.29, 1.82) is 5.26 Å². The van der Waals surface area contributed by atoms with Crippen molar-refractivity contribution in [1.82, 2.24) is 0 Å². The molecule has 4 nitrogen and oxygen atoms in total. The second kappa shape index (κ2) is 8.49. The Kier molecular flexibility index (Phi) is 6.61. The van der Waals surface area contributed by atoms with Crippen molar-refractivity contribution in [2.45, 2.75) is 58.5 Å². The lowest BCUT2D eigenvalue weighted by molar-refractivity contribution is -0.148. The molecule has 1 fully saturated rings. The van der Waals surface area contributed by atoms with Crippen molar-refractivity contribution in [2.24, 2.45) is 11.8 Å². The van der Waals surface area contributed by atoms with Gasteiger partial charge in [-0.15, -0.1) is 0 Å². The van der Waals surface area contributed by atoms with Crippen molar-refractivity contribution in [2.75, 3.05) is 13.2 Å². The van der Waals surface area contributed by atoms with Gasteiger partial charge in [-0.2, -0.15) is 5.26 Å². The summed E-state index contributed by atoms with van der Waals surface area (Å²) in [6, 6.07) is 10.4. The quantitative estimate of drug-likeness (QED) is 0.719. The number of rotatable bonds is 6. The molecule has 0 bridgehead atoms. The first-order valence-corrected chi connectivity index (χ1v) is 9.21. The van der Waals surface area contributed by atoms with Crippen LogP contribution in [0.15, 0.2) is 24.3 Å². The number of esters is 1. The first kappa shape index (κ1) is 19.5. The van der Waals surface area contributed by atoms with Crippen molar-refractivity contribution in [3.8, 4) is 6.07 Å². The Morgan fingerprint density at radius 2 is 2.08 bits per heavy atom. The van der Waals surface area contributed by atoms with E-state index in [0.717, 1.165) is 30.4 Å². The standard InChI is InChI=1S/C21H29NO3/c1-5-21(4)13-17(11-12-25-21)19(16-9-7-15(3)8-10-16)18(14-22)20(23)24-6-2/h7-10,17-19H,5-6,11-13H2,1-4H3/t17-,18+,19+,21+/m1/s1. The third-order valence-electron chi connectivity index (χ3n) is 5.39. The maximum absolute atomic E-state index is 12.5. The lowest BCUT2D eigenvalue weighted by Gasteiger charge is -2.41. The Hall–Kier alpha value is -1.86. The fourth-order valence-corrected chi connectivity index (χ4v) is 3.76. The normalized spacial score (nSPS) is 25.6.